The van der Waals surface area contributed by atoms with E-state index in [-0.39, 0.29) is 12.0 Å². The lowest BCUT2D eigenvalue weighted by Crippen LogP contribution is -2.16. The maximum absolute atomic E-state index is 8.54. The first-order chi connectivity index (χ1) is 8.54. The summed E-state index contributed by atoms with van der Waals surface area (Å²) in [6.07, 6.45) is 2.92. The van der Waals surface area contributed by atoms with Crippen LogP contribution >= 0.6 is 11.3 Å². The van der Waals surface area contributed by atoms with Gasteiger partial charge in [0.1, 0.15) is 0 Å². The van der Waals surface area contributed by atoms with Crippen molar-refractivity contribution in [2.24, 2.45) is 0 Å². The number of rotatable bonds is 8. The van der Waals surface area contributed by atoms with Crippen molar-refractivity contribution in [2.45, 2.75) is 39.2 Å². The Morgan fingerprint density at radius 1 is 1.39 bits per heavy atom. The largest absolute Gasteiger partial charge is 0.394 e. The molecule has 0 aliphatic rings. The van der Waals surface area contributed by atoms with Gasteiger partial charge in [0, 0.05) is 29.6 Å². The number of aliphatic hydroxyl groups excluding tert-OH is 1. The predicted molar refractivity (Wildman–Crippen MR) is 75.0 cm³/mol. The van der Waals surface area contributed by atoms with E-state index >= 15 is 0 Å². The standard InChI is InChI=1S/C13H24N2O2S/c1-13(2,3)12-15-10-11(18-12)9-14-5-4-7-17-8-6-16/h10,14,16H,4-9H2,1-3H3. The van der Waals surface area contributed by atoms with Gasteiger partial charge in [-0.3, -0.25) is 0 Å². The van der Waals surface area contributed by atoms with Crippen molar-refractivity contribution in [3.8, 4) is 0 Å². The first-order valence-corrected chi connectivity index (χ1v) is 7.20. The minimum absolute atomic E-state index is 0.101. The van der Waals surface area contributed by atoms with Crippen molar-refractivity contribution in [3.63, 3.8) is 0 Å². The molecular weight excluding hydrogens is 248 g/mol. The molecule has 5 heteroatoms. The van der Waals surface area contributed by atoms with Crippen LogP contribution in [0.25, 0.3) is 0 Å². The van der Waals surface area contributed by atoms with E-state index in [4.69, 9.17) is 9.84 Å². The van der Waals surface area contributed by atoms with E-state index in [9.17, 15) is 0 Å². The molecule has 4 nitrogen and oxygen atoms in total. The van der Waals surface area contributed by atoms with Crippen LogP contribution < -0.4 is 5.32 Å². The molecule has 0 unspecified atom stereocenters. The van der Waals surface area contributed by atoms with Crippen LogP contribution in [0.1, 0.15) is 37.1 Å². The molecule has 1 aromatic rings. The van der Waals surface area contributed by atoms with Crippen LogP contribution in [-0.4, -0.2) is 36.5 Å². The second kappa shape index (κ2) is 7.84. The molecule has 1 heterocycles. The number of hydrogen-bond acceptors (Lipinski definition) is 5. The van der Waals surface area contributed by atoms with E-state index < -0.39 is 0 Å². The van der Waals surface area contributed by atoms with Gasteiger partial charge in [-0.25, -0.2) is 4.98 Å². The maximum atomic E-state index is 8.54. The van der Waals surface area contributed by atoms with Gasteiger partial charge in [-0.15, -0.1) is 11.3 Å². The molecule has 0 aromatic carbocycles. The minimum Gasteiger partial charge on any atom is -0.394 e. The SMILES string of the molecule is CC(C)(C)c1ncc(CNCCCOCCO)s1. The van der Waals surface area contributed by atoms with E-state index in [0.717, 1.165) is 19.5 Å². The van der Waals surface area contributed by atoms with Crippen LogP contribution in [0.2, 0.25) is 0 Å². The molecular formula is C13H24N2O2S. The van der Waals surface area contributed by atoms with Gasteiger partial charge in [0.15, 0.2) is 0 Å². The molecule has 0 fully saturated rings. The highest BCUT2D eigenvalue weighted by Gasteiger charge is 2.17. The number of aromatic nitrogens is 1. The number of nitrogens with zero attached hydrogens (tertiary/aromatic N) is 1. The highest BCUT2D eigenvalue weighted by molar-refractivity contribution is 7.11. The molecule has 0 atom stereocenters. The van der Waals surface area contributed by atoms with Gasteiger partial charge in [-0.1, -0.05) is 20.8 Å². The molecule has 18 heavy (non-hydrogen) atoms. The van der Waals surface area contributed by atoms with Crippen LogP contribution in [0.5, 0.6) is 0 Å². The molecule has 0 spiro atoms. The zero-order valence-corrected chi connectivity index (χ0v) is 12.3. The van der Waals surface area contributed by atoms with Crippen molar-refractivity contribution in [2.75, 3.05) is 26.4 Å². The lowest BCUT2D eigenvalue weighted by molar-refractivity contribution is 0.0907. The van der Waals surface area contributed by atoms with Crippen molar-refractivity contribution in [1.82, 2.24) is 10.3 Å². The van der Waals surface area contributed by atoms with Crippen molar-refractivity contribution < 1.29 is 9.84 Å². The molecule has 2 N–H and O–H groups in total. The van der Waals surface area contributed by atoms with Crippen molar-refractivity contribution >= 4 is 11.3 Å². The molecule has 0 amide bonds. The number of aliphatic hydroxyl groups is 1. The van der Waals surface area contributed by atoms with E-state index in [2.05, 4.69) is 31.1 Å². The van der Waals surface area contributed by atoms with Crippen LogP contribution in [-0.2, 0) is 16.7 Å². The molecule has 1 aromatic heterocycles. The average molecular weight is 272 g/mol. The van der Waals surface area contributed by atoms with Crippen LogP contribution in [0.4, 0.5) is 0 Å². The van der Waals surface area contributed by atoms with Crippen molar-refractivity contribution in [3.05, 3.63) is 16.1 Å². The Balaban J connectivity index is 2.14. The van der Waals surface area contributed by atoms with E-state index in [0.29, 0.717) is 13.2 Å². The average Bonchev–Trinajstić information content (AvgIpc) is 2.76. The molecule has 0 bridgehead atoms. The van der Waals surface area contributed by atoms with Crippen molar-refractivity contribution in [1.29, 1.82) is 0 Å². The zero-order chi connectivity index (χ0) is 13.4. The van der Waals surface area contributed by atoms with E-state index in [1.807, 2.05) is 6.20 Å². The van der Waals surface area contributed by atoms with Crippen LogP contribution in [0.3, 0.4) is 0 Å². The lowest BCUT2D eigenvalue weighted by atomic mass is 9.98. The lowest BCUT2D eigenvalue weighted by Gasteiger charge is -2.13. The van der Waals surface area contributed by atoms with Gasteiger partial charge in [0.25, 0.3) is 0 Å². The third-order valence-electron chi connectivity index (χ3n) is 2.37. The maximum Gasteiger partial charge on any atom is 0.0981 e. The zero-order valence-electron chi connectivity index (χ0n) is 11.5. The van der Waals surface area contributed by atoms with Gasteiger partial charge in [0.05, 0.1) is 18.2 Å². The summed E-state index contributed by atoms with van der Waals surface area (Å²) >= 11 is 1.77. The second-order valence-electron chi connectivity index (χ2n) is 5.25. The fourth-order valence-corrected chi connectivity index (χ4v) is 2.35. The quantitative estimate of drug-likeness (QED) is 0.710. The van der Waals surface area contributed by atoms with Gasteiger partial charge in [-0.05, 0) is 13.0 Å². The Kier molecular flexibility index (Phi) is 6.78. The second-order valence-corrected chi connectivity index (χ2v) is 6.36. The summed E-state index contributed by atoms with van der Waals surface area (Å²) < 4.78 is 5.18. The molecule has 0 saturated heterocycles. The number of thiazole rings is 1. The smallest absolute Gasteiger partial charge is 0.0981 e. The Bertz CT molecular complexity index is 334. The monoisotopic (exact) mass is 272 g/mol. The molecule has 104 valence electrons. The van der Waals surface area contributed by atoms with Gasteiger partial charge in [-0.2, -0.15) is 0 Å². The molecule has 1 rings (SSSR count). The van der Waals surface area contributed by atoms with Gasteiger partial charge in [0.2, 0.25) is 0 Å². The number of nitrogens with one attached hydrogen (secondary N) is 1. The summed E-state index contributed by atoms with van der Waals surface area (Å²) in [7, 11) is 0. The normalized spacial score (nSPS) is 12.0. The summed E-state index contributed by atoms with van der Waals surface area (Å²) in [4.78, 5) is 5.73. The number of hydrogen-bond donors (Lipinski definition) is 2. The fourth-order valence-electron chi connectivity index (χ4n) is 1.41. The van der Waals surface area contributed by atoms with E-state index in [1.54, 1.807) is 11.3 Å². The Morgan fingerprint density at radius 2 is 2.17 bits per heavy atom. The highest BCUT2D eigenvalue weighted by atomic mass is 32.1. The third-order valence-corrected chi connectivity index (χ3v) is 3.80. The first kappa shape index (κ1) is 15.6. The summed E-state index contributed by atoms with van der Waals surface area (Å²) in [6, 6.07) is 0. The Labute approximate surface area is 113 Å². The van der Waals surface area contributed by atoms with Gasteiger partial charge < -0.3 is 15.2 Å². The number of ether oxygens (including phenoxy) is 1. The van der Waals surface area contributed by atoms with Crippen LogP contribution in [0, 0.1) is 0 Å². The molecule has 0 radical (unpaired) electrons. The Morgan fingerprint density at radius 3 is 2.78 bits per heavy atom. The molecule has 0 aliphatic heterocycles. The van der Waals surface area contributed by atoms with Gasteiger partial charge >= 0.3 is 0 Å². The topological polar surface area (TPSA) is 54.4 Å². The summed E-state index contributed by atoms with van der Waals surface area (Å²) in [5, 5.41) is 13.1. The summed E-state index contributed by atoms with van der Waals surface area (Å²) in [5.74, 6) is 0. The molecule has 0 saturated carbocycles. The summed E-state index contributed by atoms with van der Waals surface area (Å²) in [6.45, 7) is 9.57. The first-order valence-electron chi connectivity index (χ1n) is 6.38. The highest BCUT2D eigenvalue weighted by Crippen LogP contribution is 2.26. The minimum atomic E-state index is 0.101. The fraction of sp³-hybridized carbons (Fsp3) is 0.769. The Hall–Kier alpha value is -0.490. The third kappa shape index (κ3) is 5.91. The van der Waals surface area contributed by atoms with E-state index in [1.165, 1.54) is 9.88 Å². The molecule has 0 aliphatic carbocycles. The summed E-state index contributed by atoms with van der Waals surface area (Å²) in [5.41, 5.74) is 0.140. The predicted octanol–water partition coefficient (Wildman–Crippen LogP) is 1.93. The van der Waals surface area contributed by atoms with Crippen LogP contribution in [0.15, 0.2) is 6.20 Å².